The summed E-state index contributed by atoms with van der Waals surface area (Å²) in [6, 6.07) is 59.3. The number of methoxy groups -OCH3 is 1. The highest BCUT2D eigenvalue weighted by molar-refractivity contribution is 6.23. The molecule has 0 radical (unpaired) electrons. The van der Waals surface area contributed by atoms with Crippen LogP contribution in [0.15, 0.2) is 170 Å². The first-order valence-corrected chi connectivity index (χ1v) is 18.1. The Morgan fingerprint density at radius 2 is 0.963 bits per heavy atom. The molecule has 10 rings (SSSR count). The summed E-state index contributed by atoms with van der Waals surface area (Å²) in [6.07, 6.45) is 0.853. The van der Waals surface area contributed by atoms with Crippen LogP contribution in [0.1, 0.15) is 10.4 Å². The summed E-state index contributed by atoms with van der Waals surface area (Å²) in [6.45, 7) is 0. The van der Waals surface area contributed by atoms with Crippen molar-refractivity contribution in [3.05, 3.63) is 175 Å². The van der Waals surface area contributed by atoms with Gasteiger partial charge in [0.2, 0.25) is 0 Å². The van der Waals surface area contributed by atoms with E-state index < -0.39 is 0 Å². The second-order valence-corrected chi connectivity index (χ2v) is 13.6. The van der Waals surface area contributed by atoms with Crippen molar-refractivity contribution in [1.82, 2.24) is 9.97 Å². The molecule has 0 aliphatic heterocycles. The first-order valence-electron chi connectivity index (χ1n) is 18.1. The minimum atomic E-state index is 0.464. The van der Waals surface area contributed by atoms with Gasteiger partial charge in [-0.3, -0.25) is 4.79 Å². The molecule has 4 heteroatoms. The molecule has 0 spiro atoms. The number of hydrogen-bond acceptors (Lipinski definition) is 4. The molecule has 0 saturated carbocycles. The maximum atomic E-state index is 12.6. The third kappa shape index (κ3) is 4.96. The molecular formula is C50H32N2O2. The van der Waals surface area contributed by atoms with Gasteiger partial charge in [0.05, 0.1) is 29.6 Å². The van der Waals surface area contributed by atoms with Crippen molar-refractivity contribution < 1.29 is 9.53 Å². The lowest BCUT2D eigenvalue weighted by Crippen LogP contribution is -1.99. The van der Waals surface area contributed by atoms with E-state index in [0.29, 0.717) is 27.7 Å². The smallest absolute Gasteiger partial charge is 0.154 e. The fraction of sp³-hybridized carbons (Fsp3) is 0.0200. The first kappa shape index (κ1) is 31.6. The molecule has 0 atom stereocenters. The molecule has 0 aliphatic rings. The molecule has 0 amide bonds. The Labute approximate surface area is 312 Å². The highest BCUT2D eigenvalue weighted by atomic mass is 16.5. The van der Waals surface area contributed by atoms with Crippen LogP contribution in [0.3, 0.4) is 0 Å². The fourth-order valence-corrected chi connectivity index (χ4v) is 8.22. The number of pyridine rings is 2. The van der Waals surface area contributed by atoms with Crippen molar-refractivity contribution in [1.29, 1.82) is 0 Å². The van der Waals surface area contributed by atoms with Crippen LogP contribution >= 0.6 is 0 Å². The Hall–Kier alpha value is -7.17. The predicted molar refractivity (Wildman–Crippen MR) is 223 cm³/mol. The molecule has 54 heavy (non-hydrogen) atoms. The number of rotatable bonds is 6. The van der Waals surface area contributed by atoms with E-state index in [1.165, 1.54) is 49.0 Å². The van der Waals surface area contributed by atoms with Gasteiger partial charge in [-0.05, 0) is 84.9 Å². The third-order valence-electron chi connectivity index (χ3n) is 10.6. The van der Waals surface area contributed by atoms with Crippen LogP contribution in [0.5, 0.6) is 5.75 Å². The van der Waals surface area contributed by atoms with Crippen LogP contribution in [0.25, 0.3) is 98.9 Å². The average Bonchev–Trinajstić information content (AvgIpc) is 3.24. The third-order valence-corrected chi connectivity index (χ3v) is 10.6. The molecule has 2 heterocycles. The van der Waals surface area contributed by atoms with E-state index in [-0.39, 0.29) is 0 Å². The van der Waals surface area contributed by atoms with Crippen LogP contribution in [0.2, 0.25) is 0 Å². The molecule has 2 aromatic heterocycles. The number of benzene rings is 8. The Morgan fingerprint density at radius 3 is 1.65 bits per heavy atom. The lowest BCUT2D eigenvalue weighted by molar-refractivity contribution is 0.112. The maximum absolute atomic E-state index is 12.6. The van der Waals surface area contributed by atoms with Gasteiger partial charge in [0.1, 0.15) is 11.3 Å². The number of aromatic nitrogens is 2. The van der Waals surface area contributed by atoms with Crippen molar-refractivity contribution >= 4 is 60.4 Å². The largest absolute Gasteiger partial charge is 0.495 e. The predicted octanol–water partition coefficient (Wildman–Crippen LogP) is 12.7. The van der Waals surface area contributed by atoms with Gasteiger partial charge in [0.25, 0.3) is 0 Å². The van der Waals surface area contributed by atoms with E-state index in [9.17, 15) is 4.79 Å². The van der Waals surface area contributed by atoms with Crippen LogP contribution in [-0.2, 0) is 0 Å². The van der Waals surface area contributed by atoms with Gasteiger partial charge in [0.15, 0.2) is 6.29 Å². The van der Waals surface area contributed by atoms with E-state index in [0.717, 1.165) is 39.8 Å². The molecule has 10 aromatic rings. The summed E-state index contributed by atoms with van der Waals surface area (Å²) in [5, 5.41) is 8.70. The van der Waals surface area contributed by atoms with Crippen LogP contribution in [0.4, 0.5) is 0 Å². The minimum absolute atomic E-state index is 0.464. The molecule has 0 unspecified atom stereocenters. The minimum Gasteiger partial charge on any atom is -0.495 e. The molecule has 8 aromatic carbocycles. The van der Waals surface area contributed by atoms with Crippen LogP contribution < -0.4 is 4.74 Å². The SMILES string of the molecule is COc1c(C=O)c2ccc(-c3cccc(-c4c5ccccc5c(-c5cccc6ccccc56)c5ccccc45)c3)nc2c2nc(-c3ccccc3)ccc12. The molecular weight excluding hydrogens is 661 g/mol. The molecule has 0 aliphatic carbocycles. The van der Waals surface area contributed by atoms with Gasteiger partial charge in [-0.15, -0.1) is 0 Å². The van der Waals surface area contributed by atoms with Gasteiger partial charge in [0, 0.05) is 21.9 Å². The van der Waals surface area contributed by atoms with E-state index in [1.54, 1.807) is 7.11 Å². The highest BCUT2D eigenvalue weighted by Gasteiger charge is 2.21. The highest BCUT2D eigenvalue weighted by Crippen LogP contribution is 2.46. The van der Waals surface area contributed by atoms with Crippen molar-refractivity contribution in [2.75, 3.05) is 7.11 Å². The van der Waals surface area contributed by atoms with E-state index in [1.807, 2.05) is 54.6 Å². The number of fused-ring (bicyclic) bond motifs is 6. The van der Waals surface area contributed by atoms with Crippen LogP contribution in [-0.4, -0.2) is 23.4 Å². The summed E-state index contributed by atoms with van der Waals surface area (Å²) < 4.78 is 5.81. The van der Waals surface area contributed by atoms with Gasteiger partial charge in [-0.1, -0.05) is 140 Å². The molecule has 0 bridgehead atoms. The number of nitrogens with zero attached hydrogens (tertiary/aromatic N) is 2. The van der Waals surface area contributed by atoms with Crippen molar-refractivity contribution in [2.45, 2.75) is 0 Å². The van der Waals surface area contributed by atoms with Crippen molar-refractivity contribution in [2.24, 2.45) is 0 Å². The second-order valence-electron chi connectivity index (χ2n) is 13.6. The zero-order valence-electron chi connectivity index (χ0n) is 29.5. The number of ether oxygens (including phenoxy) is 1. The second kappa shape index (κ2) is 12.8. The van der Waals surface area contributed by atoms with Gasteiger partial charge >= 0.3 is 0 Å². The maximum Gasteiger partial charge on any atom is 0.154 e. The molecule has 4 nitrogen and oxygen atoms in total. The first-order chi connectivity index (χ1) is 26.7. The zero-order valence-corrected chi connectivity index (χ0v) is 29.5. The monoisotopic (exact) mass is 692 g/mol. The fourth-order valence-electron chi connectivity index (χ4n) is 8.22. The standard InChI is InChI=1S/C50H32N2O2/c1-54-50-42-26-28-44(32-14-3-2-4-15-32)51-49(42)48-41(43(50)30-53)25-27-45(52-48)33-17-11-18-34(29-33)46-37-20-7-9-22-39(37)47(40-23-10-8-21-38(40)46)36-24-12-16-31-13-5-6-19-35(31)36/h2-30H,1H3. The molecule has 0 saturated heterocycles. The van der Waals surface area contributed by atoms with Gasteiger partial charge in [-0.2, -0.15) is 0 Å². The Bertz CT molecular complexity index is 3050. The Balaban J connectivity index is 1.20. The Kier molecular flexibility index (Phi) is 7.48. The summed E-state index contributed by atoms with van der Waals surface area (Å²) in [7, 11) is 1.59. The average molecular weight is 693 g/mol. The van der Waals surface area contributed by atoms with Crippen molar-refractivity contribution in [3.63, 3.8) is 0 Å². The molecule has 0 N–H and O–H groups in total. The lowest BCUT2D eigenvalue weighted by Gasteiger charge is -2.19. The van der Waals surface area contributed by atoms with E-state index in [2.05, 4.69) is 115 Å². The van der Waals surface area contributed by atoms with Gasteiger partial charge in [-0.25, -0.2) is 9.97 Å². The Morgan fingerprint density at radius 1 is 0.444 bits per heavy atom. The number of hydrogen-bond donors (Lipinski definition) is 0. The molecule has 254 valence electrons. The number of carbonyl (C=O) groups is 1. The number of carbonyl (C=O) groups excluding carboxylic acids is 1. The van der Waals surface area contributed by atoms with Crippen molar-refractivity contribution in [3.8, 4) is 50.5 Å². The normalized spacial score (nSPS) is 11.5. The van der Waals surface area contributed by atoms with E-state index in [4.69, 9.17) is 14.7 Å². The summed E-state index contributed by atoms with van der Waals surface area (Å²) in [4.78, 5) is 22.9. The van der Waals surface area contributed by atoms with Crippen LogP contribution in [0, 0.1) is 0 Å². The summed E-state index contributed by atoms with van der Waals surface area (Å²) in [5.41, 5.74) is 10.1. The summed E-state index contributed by atoms with van der Waals surface area (Å²) >= 11 is 0. The lowest BCUT2D eigenvalue weighted by atomic mass is 9.84. The van der Waals surface area contributed by atoms with E-state index >= 15 is 0 Å². The molecule has 0 fully saturated rings. The number of aldehydes is 1. The summed E-state index contributed by atoms with van der Waals surface area (Å²) in [5.74, 6) is 0.502. The van der Waals surface area contributed by atoms with Gasteiger partial charge < -0.3 is 4.74 Å². The topological polar surface area (TPSA) is 52.1 Å². The quantitative estimate of drug-likeness (QED) is 0.0989. The zero-order chi connectivity index (χ0) is 36.2.